The van der Waals surface area contributed by atoms with Gasteiger partial charge in [0.1, 0.15) is 12.4 Å². The maximum absolute atomic E-state index is 2.58. The van der Waals surface area contributed by atoms with E-state index in [-0.39, 0.29) is 21.7 Å². The van der Waals surface area contributed by atoms with Crippen LogP contribution in [0.5, 0.6) is 0 Å². The highest BCUT2D eigenvalue weighted by molar-refractivity contribution is 7.10. The van der Waals surface area contributed by atoms with Gasteiger partial charge in [-0.05, 0) is 101 Å². The molecule has 0 unspecified atom stereocenters. The first kappa shape index (κ1) is 40.3. The van der Waals surface area contributed by atoms with E-state index in [4.69, 9.17) is 0 Å². The van der Waals surface area contributed by atoms with Crippen molar-refractivity contribution in [3.05, 3.63) is 180 Å². The zero-order chi connectivity index (χ0) is 42.1. The van der Waals surface area contributed by atoms with Crippen LogP contribution in [0.1, 0.15) is 105 Å². The third-order valence-electron chi connectivity index (χ3n) is 13.1. The van der Waals surface area contributed by atoms with Gasteiger partial charge in [0, 0.05) is 0 Å². The molecule has 1 nitrogen and oxygen atoms in total. The number of benzene rings is 6. The Morgan fingerprint density at radius 1 is 0.322 bits per heavy atom. The lowest BCUT2D eigenvalue weighted by Crippen LogP contribution is -2.84. The zero-order valence-corrected chi connectivity index (χ0v) is 37.5. The van der Waals surface area contributed by atoms with Crippen molar-refractivity contribution in [2.24, 2.45) is 0 Å². The summed E-state index contributed by atoms with van der Waals surface area (Å²) in [6.07, 6.45) is 2.77. The summed E-state index contributed by atoms with van der Waals surface area (Å²) in [6.45, 7) is 27.7. The Morgan fingerprint density at radius 2 is 0.661 bits per heavy atom. The van der Waals surface area contributed by atoms with E-state index < -0.39 is 6.28 Å². The Hall–Kier alpha value is -5.47. The highest BCUT2D eigenvalue weighted by atomic mass is 14.9. The van der Waals surface area contributed by atoms with E-state index in [1.807, 2.05) is 0 Å². The summed E-state index contributed by atoms with van der Waals surface area (Å²) < 4.78 is 2.58. The largest absolute Gasteiger partial charge is 0.415 e. The first-order valence-corrected chi connectivity index (χ1v) is 21.7. The number of aromatic nitrogens is 1. The van der Waals surface area contributed by atoms with E-state index in [0.717, 1.165) is 0 Å². The topological polar surface area (TPSA) is 3.88 Å². The summed E-state index contributed by atoms with van der Waals surface area (Å²) >= 11 is 0. The number of fused-ring (bicyclic) bond motifs is 3. The van der Waals surface area contributed by atoms with Crippen LogP contribution in [0.4, 0.5) is 0 Å². The maximum atomic E-state index is 2.58. The summed E-state index contributed by atoms with van der Waals surface area (Å²) in [5.41, 5.74) is 19.7. The molecular weight excluding hydrogens is 709 g/mol. The van der Waals surface area contributed by atoms with E-state index in [1.54, 1.807) is 0 Å². The maximum Gasteiger partial charge on any atom is 0.362 e. The molecule has 0 saturated carbocycles. The molecule has 1 atom stereocenters. The predicted octanol–water partition coefficient (Wildman–Crippen LogP) is 12.7. The van der Waals surface area contributed by atoms with Crippen LogP contribution in [0.3, 0.4) is 0 Å². The fourth-order valence-corrected chi connectivity index (χ4v) is 9.67. The third kappa shape index (κ3) is 7.09. The van der Waals surface area contributed by atoms with E-state index in [2.05, 4.69) is 246 Å². The second-order valence-electron chi connectivity index (χ2n) is 21.2. The van der Waals surface area contributed by atoms with Gasteiger partial charge >= 0.3 is 6.28 Å². The molecule has 1 aromatic heterocycles. The molecule has 2 heteroatoms. The summed E-state index contributed by atoms with van der Waals surface area (Å²) in [4.78, 5) is 0. The minimum atomic E-state index is -1.88. The Balaban J connectivity index is 1.58. The van der Waals surface area contributed by atoms with Crippen molar-refractivity contribution in [3.63, 3.8) is 0 Å². The smallest absolute Gasteiger partial charge is 0.362 e. The lowest BCUT2D eigenvalue weighted by Gasteiger charge is -2.39. The third-order valence-corrected chi connectivity index (χ3v) is 13.1. The van der Waals surface area contributed by atoms with Crippen LogP contribution >= 0.6 is 0 Å². The SMILES string of the molecule is CC(C)(C)c1ccc(-c2cccc(-c3ccc(C(C)(C)C)cc3)c2[B@@-]2([n+]3ccccc3)c3cc(C(C)(C)C)ccc3-c3cccc(-c4ccc(C(C)(C)C)cc4)c32)cc1. The number of hydrogen-bond donors (Lipinski definition) is 0. The molecule has 7 aromatic rings. The molecule has 59 heavy (non-hydrogen) atoms. The Bertz CT molecular complexity index is 2560. The molecule has 0 bridgehead atoms. The van der Waals surface area contributed by atoms with Gasteiger partial charge in [-0.2, -0.15) is 0 Å². The quantitative estimate of drug-likeness (QED) is 0.153. The molecule has 0 radical (unpaired) electrons. The zero-order valence-electron chi connectivity index (χ0n) is 37.5. The molecule has 6 aromatic carbocycles. The van der Waals surface area contributed by atoms with Gasteiger partial charge in [-0.25, -0.2) is 0 Å². The summed E-state index contributed by atoms with van der Waals surface area (Å²) in [7, 11) is 0. The predicted molar refractivity (Wildman–Crippen MR) is 256 cm³/mol. The fourth-order valence-electron chi connectivity index (χ4n) is 9.67. The van der Waals surface area contributed by atoms with Crippen LogP contribution in [0.2, 0.25) is 0 Å². The van der Waals surface area contributed by atoms with Crippen molar-refractivity contribution < 1.29 is 4.48 Å². The molecule has 0 N–H and O–H groups in total. The number of pyridine rings is 1. The van der Waals surface area contributed by atoms with E-state index >= 15 is 0 Å². The van der Waals surface area contributed by atoms with E-state index in [1.165, 1.54) is 83.1 Å². The molecule has 2 heterocycles. The van der Waals surface area contributed by atoms with E-state index in [0.29, 0.717) is 0 Å². The van der Waals surface area contributed by atoms with Gasteiger partial charge in [0.05, 0.1) is 0 Å². The highest BCUT2D eigenvalue weighted by Crippen LogP contribution is 2.39. The van der Waals surface area contributed by atoms with Gasteiger partial charge in [-0.1, -0.05) is 217 Å². The van der Waals surface area contributed by atoms with Crippen molar-refractivity contribution in [2.45, 2.75) is 105 Å². The average Bonchev–Trinajstić information content (AvgIpc) is 3.50. The van der Waals surface area contributed by atoms with Gasteiger partial charge in [0.15, 0.2) is 0 Å². The Morgan fingerprint density at radius 3 is 1.03 bits per heavy atom. The fraction of sp³-hybridized carbons (Fsp3) is 0.281. The average molecular weight is 772 g/mol. The Kier molecular flexibility index (Phi) is 9.82. The molecule has 0 aliphatic carbocycles. The van der Waals surface area contributed by atoms with Crippen LogP contribution in [-0.2, 0) is 21.7 Å². The first-order chi connectivity index (χ1) is 27.8. The highest BCUT2D eigenvalue weighted by Gasteiger charge is 2.52. The molecule has 1 aliphatic heterocycles. The van der Waals surface area contributed by atoms with E-state index in [9.17, 15) is 0 Å². The molecule has 1 aliphatic rings. The van der Waals surface area contributed by atoms with Crippen LogP contribution < -0.4 is 20.9 Å². The van der Waals surface area contributed by atoms with Gasteiger partial charge in [-0.15, -0.1) is 16.4 Å². The van der Waals surface area contributed by atoms with Gasteiger partial charge in [0.2, 0.25) is 0 Å². The van der Waals surface area contributed by atoms with Crippen LogP contribution in [0, 0.1) is 0 Å². The standard InChI is InChI=1S/C57H62BN/c1-54(2,3)42-28-22-39(23-29-42)46-18-16-19-47(40-24-30-43(31-25-40)55(4,5)6)52(46)58(59-36-14-13-15-37-59)51-38-45(57(10,11)12)34-35-49(51)50-21-17-20-48(53(50)58)41-26-32-44(33-27-41)56(7,8)9/h13-38H,1-12H3/t58-/m0/s1. The van der Waals surface area contributed by atoms with Crippen molar-refractivity contribution >= 4 is 22.7 Å². The molecule has 0 saturated heterocycles. The van der Waals surface area contributed by atoms with Crippen molar-refractivity contribution in [1.29, 1.82) is 0 Å². The Labute approximate surface area is 355 Å². The second kappa shape index (κ2) is 14.4. The summed E-state index contributed by atoms with van der Waals surface area (Å²) in [5.74, 6) is 0. The van der Waals surface area contributed by atoms with Gasteiger partial charge in [-0.3, -0.25) is 0 Å². The van der Waals surface area contributed by atoms with Crippen molar-refractivity contribution in [3.8, 4) is 44.5 Å². The minimum Gasteiger partial charge on any atom is -0.415 e. The van der Waals surface area contributed by atoms with Gasteiger partial charge in [0.25, 0.3) is 0 Å². The van der Waals surface area contributed by atoms with Gasteiger partial charge < -0.3 is 4.48 Å². The van der Waals surface area contributed by atoms with Crippen LogP contribution in [0.15, 0.2) is 158 Å². The summed E-state index contributed by atoms with van der Waals surface area (Å²) in [6, 6.07) is 56.3. The molecular formula is C57H62BN. The lowest BCUT2D eigenvalue weighted by molar-refractivity contribution is -0.539. The normalized spacial score (nSPS) is 15.5. The monoisotopic (exact) mass is 771 g/mol. The molecule has 298 valence electrons. The van der Waals surface area contributed by atoms with Crippen LogP contribution in [0.25, 0.3) is 44.5 Å². The number of hydrogen-bond acceptors (Lipinski definition) is 0. The van der Waals surface area contributed by atoms with Crippen molar-refractivity contribution in [2.75, 3.05) is 0 Å². The molecule has 0 amide bonds. The lowest BCUT2D eigenvalue weighted by atomic mass is 9.23. The minimum absolute atomic E-state index is 0.0488. The van der Waals surface area contributed by atoms with Crippen molar-refractivity contribution in [1.82, 2.24) is 0 Å². The number of rotatable bonds is 5. The molecule has 8 rings (SSSR count). The molecule has 0 fully saturated rings. The molecule has 0 spiro atoms. The second-order valence-corrected chi connectivity index (χ2v) is 21.2. The van der Waals surface area contributed by atoms with Crippen LogP contribution in [-0.4, -0.2) is 6.28 Å². The number of nitrogens with zero attached hydrogens (tertiary/aromatic N) is 1. The first-order valence-electron chi connectivity index (χ1n) is 21.7. The summed E-state index contributed by atoms with van der Waals surface area (Å²) in [5, 5.41) is 0.